The molecule has 0 aromatic carbocycles. The Labute approximate surface area is 115 Å². The van der Waals surface area contributed by atoms with E-state index in [-0.39, 0.29) is 11.4 Å². The quantitative estimate of drug-likeness (QED) is 0.872. The van der Waals surface area contributed by atoms with Gasteiger partial charge in [-0.15, -0.1) is 22.9 Å². The van der Waals surface area contributed by atoms with Gasteiger partial charge in [-0.2, -0.15) is 0 Å². The number of H-pyrrole nitrogens is 1. The van der Waals surface area contributed by atoms with E-state index in [1.54, 1.807) is 11.3 Å². The molecule has 1 atom stereocenters. The van der Waals surface area contributed by atoms with Crippen LogP contribution in [0, 0.1) is 12.8 Å². The van der Waals surface area contributed by atoms with Gasteiger partial charge < -0.3 is 4.98 Å². The number of nitrogens with one attached hydrogen (secondary N) is 1. The minimum absolute atomic E-state index is 0.0571. The zero-order chi connectivity index (χ0) is 13.3. The van der Waals surface area contributed by atoms with E-state index in [2.05, 4.69) is 30.7 Å². The summed E-state index contributed by atoms with van der Waals surface area (Å²) in [4.78, 5) is 21.3. The molecular formula is C13H17ClN2OS. The highest BCUT2D eigenvalue weighted by Crippen LogP contribution is 2.29. The van der Waals surface area contributed by atoms with Crippen LogP contribution in [0.4, 0.5) is 0 Å². The van der Waals surface area contributed by atoms with Crippen molar-refractivity contribution in [3.63, 3.8) is 0 Å². The number of hydrogen-bond donors (Lipinski definition) is 1. The van der Waals surface area contributed by atoms with E-state index in [1.807, 2.05) is 0 Å². The number of thiophene rings is 1. The molecular weight excluding hydrogens is 268 g/mol. The number of fused-ring (bicyclic) bond motifs is 1. The minimum Gasteiger partial charge on any atom is -0.309 e. The molecule has 3 nitrogen and oxygen atoms in total. The summed E-state index contributed by atoms with van der Waals surface area (Å²) in [5.74, 6) is 1.36. The first-order valence-electron chi connectivity index (χ1n) is 6.13. The number of aromatic nitrogens is 2. The Balaban J connectivity index is 2.60. The number of halogens is 1. The Bertz CT molecular complexity index is 617. The molecule has 0 spiro atoms. The number of aryl methyl sites for hydroxylation is 1. The highest BCUT2D eigenvalue weighted by atomic mass is 35.5. The summed E-state index contributed by atoms with van der Waals surface area (Å²) in [6.45, 7) is 6.43. The van der Waals surface area contributed by atoms with Gasteiger partial charge in [-0.3, -0.25) is 4.79 Å². The lowest BCUT2D eigenvalue weighted by atomic mass is 9.98. The Hall–Kier alpha value is -0.870. The average Bonchev–Trinajstić information content (AvgIpc) is 2.65. The van der Waals surface area contributed by atoms with Crippen molar-refractivity contribution < 1.29 is 0 Å². The largest absolute Gasteiger partial charge is 0.309 e. The Morgan fingerprint density at radius 1 is 1.50 bits per heavy atom. The lowest BCUT2D eigenvalue weighted by Crippen LogP contribution is -2.12. The highest BCUT2D eigenvalue weighted by molar-refractivity contribution is 7.18. The third-order valence-corrected chi connectivity index (χ3v) is 4.58. The van der Waals surface area contributed by atoms with Gasteiger partial charge in [0.1, 0.15) is 10.7 Å². The van der Waals surface area contributed by atoms with Gasteiger partial charge in [0.2, 0.25) is 0 Å². The molecule has 2 rings (SSSR count). The van der Waals surface area contributed by atoms with Crippen LogP contribution in [0.25, 0.3) is 10.2 Å². The molecule has 2 aromatic rings. The summed E-state index contributed by atoms with van der Waals surface area (Å²) >= 11 is 7.31. The van der Waals surface area contributed by atoms with Gasteiger partial charge in [-0.25, -0.2) is 4.98 Å². The Morgan fingerprint density at radius 2 is 2.22 bits per heavy atom. The summed E-state index contributed by atoms with van der Waals surface area (Å²) < 4.78 is 0. The van der Waals surface area contributed by atoms with Crippen molar-refractivity contribution in [3.05, 3.63) is 26.6 Å². The zero-order valence-electron chi connectivity index (χ0n) is 10.8. The molecule has 0 saturated heterocycles. The molecule has 2 heterocycles. The smallest absolute Gasteiger partial charge is 0.259 e. The van der Waals surface area contributed by atoms with E-state index < -0.39 is 0 Å². The second-order valence-electron chi connectivity index (χ2n) is 4.68. The van der Waals surface area contributed by atoms with Gasteiger partial charge in [0.05, 0.1) is 11.3 Å². The van der Waals surface area contributed by atoms with Crippen molar-refractivity contribution in [2.24, 2.45) is 5.92 Å². The molecule has 0 aliphatic carbocycles. The summed E-state index contributed by atoms with van der Waals surface area (Å²) in [5, 5.41) is 0.756. The molecule has 0 unspecified atom stereocenters. The maximum atomic E-state index is 12.1. The van der Waals surface area contributed by atoms with E-state index in [4.69, 9.17) is 11.6 Å². The third-order valence-electron chi connectivity index (χ3n) is 3.29. The molecule has 98 valence electrons. The Morgan fingerprint density at radius 3 is 2.83 bits per heavy atom. The molecule has 5 heteroatoms. The molecule has 0 aliphatic heterocycles. The average molecular weight is 285 g/mol. The number of alkyl halides is 1. The fraction of sp³-hybridized carbons (Fsp3) is 0.538. The summed E-state index contributed by atoms with van der Waals surface area (Å²) in [6, 6.07) is 0. The molecule has 0 radical (unpaired) electrons. The molecule has 0 amide bonds. The van der Waals surface area contributed by atoms with E-state index in [0.717, 1.165) is 28.6 Å². The van der Waals surface area contributed by atoms with Crippen molar-refractivity contribution in [1.82, 2.24) is 9.97 Å². The standard InChI is InChI=1S/C13H17ClN2OS/c1-4-7(2)5-9-8(3)18-13-11(9)12(17)15-10(6-14)16-13/h7H,4-6H2,1-3H3,(H,15,16,17)/t7-/m0/s1. The lowest BCUT2D eigenvalue weighted by molar-refractivity contribution is 0.561. The van der Waals surface area contributed by atoms with Crippen LogP contribution in [-0.4, -0.2) is 9.97 Å². The van der Waals surface area contributed by atoms with Crippen LogP contribution < -0.4 is 5.56 Å². The maximum Gasteiger partial charge on any atom is 0.259 e. The van der Waals surface area contributed by atoms with Gasteiger partial charge in [0, 0.05) is 4.88 Å². The van der Waals surface area contributed by atoms with Gasteiger partial charge in [-0.1, -0.05) is 20.3 Å². The van der Waals surface area contributed by atoms with E-state index in [9.17, 15) is 4.79 Å². The van der Waals surface area contributed by atoms with Gasteiger partial charge in [0.15, 0.2) is 0 Å². The number of hydrogen-bond acceptors (Lipinski definition) is 3. The summed E-state index contributed by atoms with van der Waals surface area (Å²) in [5.41, 5.74) is 1.09. The molecule has 2 aromatic heterocycles. The van der Waals surface area contributed by atoms with Crippen molar-refractivity contribution in [2.45, 2.75) is 39.5 Å². The molecule has 0 aliphatic rings. The predicted octanol–water partition coefficient (Wildman–Crippen LogP) is 3.62. The third kappa shape index (κ3) is 2.45. The van der Waals surface area contributed by atoms with E-state index in [1.165, 1.54) is 4.88 Å². The van der Waals surface area contributed by atoms with Crippen LogP contribution in [0.1, 0.15) is 36.5 Å². The van der Waals surface area contributed by atoms with E-state index in [0.29, 0.717) is 11.7 Å². The summed E-state index contributed by atoms with van der Waals surface area (Å²) in [7, 11) is 0. The number of aromatic amines is 1. The van der Waals surface area contributed by atoms with Crippen LogP contribution in [0.5, 0.6) is 0 Å². The number of nitrogens with zero attached hydrogens (tertiary/aromatic N) is 1. The van der Waals surface area contributed by atoms with Gasteiger partial charge >= 0.3 is 0 Å². The van der Waals surface area contributed by atoms with Crippen molar-refractivity contribution in [1.29, 1.82) is 0 Å². The van der Waals surface area contributed by atoms with Gasteiger partial charge in [-0.05, 0) is 24.8 Å². The maximum absolute atomic E-state index is 12.1. The van der Waals surface area contributed by atoms with Crippen LogP contribution in [0.15, 0.2) is 4.79 Å². The van der Waals surface area contributed by atoms with E-state index >= 15 is 0 Å². The van der Waals surface area contributed by atoms with Gasteiger partial charge in [0.25, 0.3) is 5.56 Å². The normalized spacial score (nSPS) is 13.1. The molecule has 1 N–H and O–H groups in total. The summed E-state index contributed by atoms with van der Waals surface area (Å²) in [6.07, 6.45) is 2.05. The van der Waals surface area contributed by atoms with Crippen LogP contribution >= 0.6 is 22.9 Å². The fourth-order valence-electron chi connectivity index (χ4n) is 2.02. The van der Waals surface area contributed by atoms with Crippen molar-refractivity contribution in [3.8, 4) is 0 Å². The number of rotatable bonds is 4. The topological polar surface area (TPSA) is 45.8 Å². The van der Waals surface area contributed by atoms with Crippen LogP contribution in [-0.2, 0) is 12.3 Å². The zero-order valence-corrected chi connectivity index (χ0v) is 12.4. The lowest BCUT2D eigenvalue weighted by Gasteiger charge is -2.08. The fourth-order valence-corrected chi connectivity index (χ4v) is 3.22. The minimum atomic E-state index is -0.0571. The molecule has 0 saturated carbocycles. The SMILES string of the molecule is CC[C@H](C)Cc1c(C)sc2nc(CCl)[nH]c(=O)c12. The Kier molecular flexibility index (Phi) is 4.07. The van der Waals surface area contributed by atoms with Crippen LogP contribution in [0.2, 0.25) is 0 Å². The molecule has 0 fully saturated rings. The van der Waals surface area contributed by atoms with Crippen molar-refractivity contribution >= 4 is 33.2 Å². The second-order valence-corrected chi connectivity index (χ2v) is 6.15. The van der Waals surface area contributed by atoms with Crippen molar-refractivity contribution in [2.75, 3.05) is 0 Å². The molecule has 18 heavy (non-hydrogen) atoms. The first-order valence-corrected chi connectivity index (χ1v) is 7.49. The monoisotopic (exact) mass is 284 g/mol. The first kappa shape index (κ1) is 13.6. The molecule has 0 bridgehead atoms. The predicted molar refractivity (Wildman–Crippen MR) is 77.7 cm³/mol. The second kappa shape index (κ2) is 5.41. The van der Waals surface area contributed by atoms with Crippen LogP contribution in [0.3, 0.4) is 0 Å². The highest BCUT2D eigenvalue weighted by Gasteiger charge is 2.16. The first-order chi connectivity index (χ1) is 8.56.